The van der Waals surface area contributed by atoms with Crippen LogP contribution >= 0.6 is 0 Å². The molecule has 0 saturated carbocycles. The zero-order chi connectivity index (χ0) is 20.5. The standard InChI is InChI=1S/C20H29N3O5/c1-13(2)18(24)23-16-6-4-5-9-21-19(25)15-8-7-14(27-3)12-17(15)28-11-10-22-20(16)26/h7-8,12-13,16H,4-6,9-11H2,1-3H3,(H,21,25)(H,22,26)(H,23,24)/t16-/m0/s1. The zero-order valence-electron chi connectivity index (χ0n) is 16.7. The molecule has 0 aromatic heterocycles. The van der Waals surface area contributed by atoms with E-state index in [1.165, 1.54) is 7.11 Å². The first-order valence-electron chi connectivity index (χ1n) is 9.59. The molecule has 0 aliphatic carbocycles. The Morgan fingerprint density at radius 2 is 2.00 bits per heavy atom. The fourth-order valence-corrected chi connectivity index (χ4v) is 2.77. The van der Waals surface area contributed by atoms with Gasteiger partial charge in [0.05, 0.1) is 19.2 Å². The van der Waals surface area contributed by atoms with Crippen molar-refractivity contribution in [1.29, 1.82) is 0 Å². The van der Waals surface area contributed by atoms with Gasteiger partial charge in [0.2, 0.25) is 11.8 Å². The molecule has 8 heteroatoms. The minimum atomic E-state index is -0.596. The number of methoxy groups -OCH3 is 1. The van der Waals surface area contributed by atoms with Crippen LogP contribution < -0.4 is 25.4 Å². The van der Waals surface area contributed by atoms with E-state index < -0.39 is 6.04 Å². The Morgan fingerprint density at radius 1 is 1.21 bits per heavy atom. The Balaban J connectivity index is 2.10. The van der Waals surface area contributed by atoms with Gasteiger partial charge in [0.1, 0.15) is 24.1 Å². The molecule has 1 atom stereocenters. The molecule has 0 unspecified atom stereocenters. The van der Waals surface area contributed by atoms with Crippen LogP contribution in [0.15, 0.2) is 18.2 Å². The highest BCUT2D eigenvalue weighted by Gasteiger charge is 2.22. The van der Waals surface area contributed by atoms with Crippen LogP contribution in [0.1, 0.15) is 43.5 Å². The third-order valence-corrected chi connectivity index (χ3v) is 4.45. The Morgan fingerprint density at radius 3 is 2.71 bits per heavy atom. The minimum absolute atomic E-state index is 0.160. The number of amides is 3. The van der Waals surface area contributed by atoms with Crippen LogP contribution in [0.5, 0.6) is 11.5 Å². The number of hydrogen-bond donors (Lipinski definition) is 3. The summed E-state index contributed by atoms with van der Waals surface area (Å²) in [5.41, 5.74) is 0.422. The number of carbonyl (C=O) groups is 3. The average molecular weight is 391 g/mol. The maximum absolute atomic E-state index is 12.5. The summed E-state index contributed by atoms with van der Waals surface area (Å²) in [7, 11) is 1.54. The maximum Gasteiger partial charge on any atom is 0.255 e. The molecule has 1 heterocycles. The quantitative estimate of drug-likeness (QED) is 0.719. The van der Waals surface area contributed by atoms with Gasteiger partial charge in [-0.3, -0.25) is 14.4 Å². The largest absolute Gasteiger partial charge is 0.497 e. The molecule has 2 rings (SSSR count). The average Bonchev–Trinajstić information content (AvgIpc) is 2.68. The summed E-state index contributed by atoms with van der Waals surface area (Å²) in [5.74, 6) is 0.163. The summed E-state index contributed by atoms with van der Waals surface area (Å²) in [6, 6.07) is 4.41. The van der Waals surface area contributed by atoms with Crippen LogP contribution in [-0.2, 0) is 9.59 Å². The number of rotatable bonds is 3. The molecule has 1 aliphatic heterocycles. The molecule has 0 fully saturated rings. The molecule has 0 radical (unpaired) electrons. The van der Waals surface area contributed by atoms with Crippen LogP contribution in [0.3, 0.4) is 0 Å². The van der Waals surface area contributed by atoms with Crippen molar-refractivity contribution in [2.45, 2.75) is 39.2 Å². The first-order valence-corrected chi connectivity index (χ1v) is 9.59. The van der Waals surface area contributed by atoms with E-state index in [9.17, 15) is 14.4 Å². The summed E-state index contributed by atoms with van der Waals surface area (Å²) in [6.07, 6.45) is 1.90. The Labute approximate surface area is 165 Å². The number of fused-ring (bicyclic) bond motifs is 1. The molecule has 28 heavy (non-hydrogen) atoms. The molecule has 0 spiro atoms. The lowest BCUT2D eigenvalue weighted by Crippen LogP contribution is -2.48. The number of carbonyl (C=O) groups excluding carboxylic acids is 3. The van der Waals surface area contributed by atoms with E-state index >= 15 is 0 Å². The highest BCUT2D eigenvalue weighted by atomic mass is 16.5. The molecule has 3 amide bonds. The second-order valence-corrected chi connectivity index (χ2v) is 6.97. The van der Waals surface area contributed by atoms with Crippen molar-refractivity contribution in [2.75, 3.05) is 26.8 Å². The molecule has 1 aromatic rings. The molecular formula is C20H29N3O5. The normalized spacial score (nSPS) is 18.8. The first-order chi connectivity index (χ1) is 13.4. The molecule has 3 N–H and O–H groups in total. The van der Waals surface area contributed by atoms with Gasteiger partial charge in [0, 0.05) is 18.5 Å². The lowest BCUT2D eigenvalue weighted by Gasteiger charge is -2.20. The molecule has 8 nitrogen and oxygen atoms in total. The van der Waals surface area contributed by atoms with Crippen molar-refractivity contribution in [1.82, 2.24) is 16.0 Å². The van der Waals surface area contributed by atoms with Crippen LogP contribution in [0, 0.1) is 5.92 Å². The zero-order valence-corrected chi connectivity index (χ0v) is 16.7. The summed E-state index contributed by atoms with van der Waals surface area (Å²) < 4.78 is 10.9. The summed E-state index contributed by atoms with van der Waals surface area (Å²) >= 11 is 0. The van der Waals surface area contributed by atoms with Crippen molar-refractivity contribution in [2.24, 2.45) is 5.92 Å². The third kappa shape index (κ3) is 6.14. The van der Waals surface area contributed by atoms with Crippen molar-refractivity contribution in [3.63, 3.8) is 0 Å². The fourth-order valence-electron chi connectivity index (χ4n) is 2.77. The van der Waals surface area contributed by atoms with Gasteiger partial charge >= 0.3 is 0 Å². The van der Waals surface area contributed by atoms with Gasteiger partial charge < -0.3 is 25.4 Å². The van der Waals surface area contributed by atoms with Crippen LogP contribution in [-0.4, -0.2) is 50.6 Å². The number of benzene rings is 1. The second-order valence-electron chi connectivity index (χ2n) is 6.97. The van der Waals surface area contributed by atoms with Crippen LogP contribution in [0.25, 0.3) is 0 Å². The monoisotopic (exact) mass is 391 g/mol. The number of ether oxygens (including phenoxy) is 2. The first kappa shape index (κ1) is 21.5. The van der Waals surface area contributed by atoms with E-state index in [2.05, 4.69) is 16.0 Å². The molecule has 1 aliphatic rings. The predicted molar refractivity (Wildman–Crippen MR) is 104 cm³/mol. The second kappa shape index (κ2) is 10.5. The predicted octanol–water partition coefficient (Wildman–Crippen LogP) is 1.24. The smallest absolute Gasteiger partial charge is 0.255 e. The van der Waals surface area contributed by atoms with Gasteiger partial charge in [-0.05, 0) is 31.4 Å². The number of hydrogen-bond acceptors (Lipinski definition) is 5. The van der Waals surface area contributed by atoms with E-state index in [0.29, 0.717) is 42.9 Å². The van der Waals surface area contributed by atoms with E-state index in [1.54, 1.807) is 32.0 Å². The van der Waals surface area contributed by atoms with Crippen LogP contribution in [0.2, 0.25) is 0 Å². The van der Waals surface area contributed by atoms with Gasteiger partial charge in [-0.1, -0.05) is 13.8 Å². The van der Waals surface area contributed by atoms with Gasteiger partial charge in [-0.15, -0.1) is 0 Å². The van der Waals surface area contributed by atoms with Crippen molar-refractivity contribution >= 4 is 17.7 Å². The lowest BCUT2D eigenvalue weighted by molar-refractivity contribution is -0.130. The number of nitrogens with one attached hydrogen (secondary N) is 3. The lowest BCUT2D eigenvalue weighted by atomic mass is 10.1. The van der Waals surface area contributed by atoms with Gasteiger partial charge in [-0.25, -0.2) is 0 Å². The Bertz CT molecular complexity index is 705. The topological polar surface area (TPSA) is 106 Å². The van der Waals surface area contributed by atoms with Crippen molar-refractivity contribution < 1.29 is 23.9 Å². The fraction of sp³-hybridized carbons (Fsp3) is 0.550. The third-order valence-electron chi connectivity index (χ3n) is 4.45. The summed E-state index contributed by atoms with van der Waals surface area (Å²) in [4.78, 5) is 36.9. The summed E-state index contributed by atoms with van der Waals surface area (Å²) in [5, 5.41) is 8.45. The van der Waals surface area contributed by atoms with Gasteiger partial charge in [-0.2, -0.15) is 0 Å². The highest BCUT2D eigenvalue weighted by molar-refractivity contribution is 5.97. The Hall–Kier alpha value is -2.77. The molecule has 1 aromatic carbocycles. The van der Waals surface area contributed by atoms with Crippen molar-refractivity contribution in [3.05, 3.63) is 23.8 Å². The van der Waals surface area contributed by atoms with E-state index in [0.717, 1.165) is 0 Å². The van der Waals surface area contributed by atoms with Gasteiger partial charge in [0.25, 0.3) is 5.91 Å². The van der Waals surface area contributed by atoms with Gasteiger partial charge in [0.15, 0.2) is 0 Å². The Kier molecular flexibility index (Phi) is 8.10. The van der Waals surface area contributed by atoms with E-state index in [4.69, 9.17) is 9.47 Å². The molecule has 154 valence electrons. The summed E-state index contributed by atoms with van der Waals surface area (Å²) in [6.45, 7) is 4.47. The van der Waals surface area contributed by atoms with E-state index in [-0.39, 0.29) is 36.8 Å². The minimum Gasteiger partial charge on any atom is -0.497 e. The molecule has 0 bridgehead atoms. The van der Waals surface area contributed by atoms with Crippen molar-refractivity contribution in [3.8, 4) is 11.5 Å². The molecule has 0 saturated heterocycles. The maximum atomic E-state index is 12.5. The highest BCUT2D eigenvalue weighted by Crippen LogP contribution is 2.25. The molecular weight excluding hydrogens is 362 g/mol. The van der Waals surface area contributed by atoms with Crippen LogP contribution in [0.4, 0.5) is 0 Å². The SMILES string of the molecule is COc1ccc2c(c1)OCCNC(=O)[C@@H](NC(=O)C(C)C)CCCCNC2=O. The van der Waals surface area contributed by atoms with E-state index in [1.807, 2.05) is 0 Å².